The van der Waals surface area contributed by atoms with Crippen LogP contribution < -0.4 is 14.6 Å². The molecule has 1 saturated carbocycles. The number of methoxy groups -OCH3 is 1. The monoisotopic (exact) mass is 311 g/mol. The van der Waals surface area contributed by atoms with Gasteiger partial charge in [-0.05, 0) is 37.0 Å². The van der Waals surface area contributed by atoms with Crippen molar-refractivity contribution >= 4 is 10.2 Å². The molecule has 1 aromatic rings. The minimum Gasteiger partial charge on any atom is -0.497 e. The van der Waals surface area contributed by atoms with Gasteiger partial charge in [-0.3, -0.25) is 4.90 Å². The predicted molar refractivity (Wildman–Crippen MR) is 80.1 cm³/mol. The minimum absolute atomic E-state index is 0.0194. The Balaban J connectivity index is 1.91. The number of likely N-dealkylation sites (tertiary alicyclic amines) is 1. The average molecular weight is 311 g/mol. The van der Waals surface area contributed by atoms with Crippen molar-refractivity contribution in [1.82, 2.24) is 9.62 Å². The van der Waals surface area contributed by atoms with E-state index in [0.717, 1.165) is 24.3 Å². The Bertz CT molecular complexity index is 616. The van der Waals surface area contributed by atoms with E-state index in [2.05, 4.69) is 9.62 Å². The number of rotatable bonds is 5. The summed E-state index contributed by atoms with van der Waals surface area (Å²) < 4.78 is 30.7. The van der Waals surface area contributed by atoms with Crippen molar-refractivity contribution in [2.24, 2.45) is 5.14 Å². The van der Waals surface area contributed by atoms with Gasteiger partial charge in [-0.15, -0.1) is 0 Å². The van der Waals surface area contributed by atoms with Gasteiger partial charge in [0.05, 0.1) is 13.2 Å². The van der Waals surface area contributed by atoms with E-state index in [1.165, 1.54) is 12.8 Å². The lowest BCUT2D eigenvalue weighted by Crippen LogP contribution is -2.43. The van der Waals surface area contributed by atoms with Gasteiger partial charge < -0.3 is 4.74 Å². The molecule has 1 aliphatic carbocycles. The van der Waals surface area contributed by atoms with Crippen LogP contribution in [-0.2, 0) is 10.2 Å². The Labute approximate surface area is 125 Å². The molecular weight excluding hydrogens is 290 g/mol. The summed E-state index contributed by atoms with van der Waals surface area (Å²) in [6.07, 6.45) is 3.14. The largest absolute Gasteiger partial charge is 0.497 e. The van der Waals surface area contributed by atoms with Crippen LogP contribution in [0.25, 0.3) is 0 Å². The van der Waals surface area contributed by atoms with E-state index in [9.17, 15) is 8.42 Å². The second kappa shape index (κ2) is 5.57. The van der Waals surface area contributed by atoms with Crippen LogP contribution in [0.5, 0.6) is 5.75 Å². The summed E-state index contributed by atoms with van der Waals surface area (Å²) in [5.74, 6) is 0.782. The predicted octanol–water partition coefficient (Wildman–Crippen LogP) is 0.766. The molecule has 116 valence electrons. The van der Waals surface area contributed by atoms with Crippen LogP contribution in [0.15, 0.2) is 24.3 Å². The Morgan fingerprint density at radius 3 is 2.71 bits per heavy atom. The standard InChI is InChI=1S/C14H21N3O3S/c1-20-12-4-2-3-10(9-12)14-13(16-21(15,18)19)7-8-17(14)11-5-6-11/h2-4,9,11,13-14,16H,5-8H2,1H3,(H2,15,18,19)/t13-,14-/m1/s1. The molecule has 1 aromatic carbocycles. The van der Waals surface area contributed by atoms with Crippen LogP contribution in [0.4, 0.5) is 0 Å². The number of hydrogen-bond donors (Lipinski definition) is 2. The van der Waals surface area contributed by atoms with Crippen LogP contribution in [0, 0.1) is 0 Å². The van der Waals surface area contributed by atoms with Gasteiger partial charge in [0, 0.05) is 18.6 Å². The highest BCUT2D eigenvalue weighted by atomic mass is 32.2. The third-order valence-corrected chi connectivity index (χ3v) is 4.83. The van der Waals surface area contributed by atoms with Crippen LogP contribution in [-0.4, -0.2) is 39.1 Å². The molecule has 1 aliphatic heterocycles. The molecule has 6 nitrogen and oxygen atoms in total. The maximum Gasteiger partial charge on any atom is 0.274 e. The topological polar surface area (TPSA) is 84.7 Å². The Kier molecular flexibility index (Phi) is 3.92. The summed E-state index contributed by atoms with van der Waals surface area (Å²) >= 11 is 0. The van der Waals surface area contributed by atoms with Crippen molar-refractivity contribution in [1.29, 1.82) is 0 Å². The van der Waals surface area contributed by atoms with Gasteiger partial charge in [0.25, 0.3) is 10.2 Å². The Morgan fingerprint density at radius 2 is 2.10 bits per heavy atom. The number of nitrogens with two attached hydrogens (primary N) is 1. The quantitative estimate of drug-likeness (QED) is 0.841. The molecule has 3 N–H and O–H groups in total. The third kappa shape index (κ3) is 3.37. The maximum atomic E-state index is 11.4. The Hall–Kier alpha value is -1.15. The number of benzene rings is 1. The first kappa shape index (κ1) is 14.8. The molecule has 0 radical (unpaired) electrons. The fourth-order valence-electron chi connectivity index (χ4n) is 3.22. The van der Waals surface area contributed by atoms with Crippen LogP contribution in [0.3, 0.4) is 0 Å². The summed E-state index contributed by atoms with van der Waals surface area (Å²) in [5, 5.41) is 5.17. The highest BCUT2D eigenvalue weighted by Crippen LogP contribution is 2.41. The van der Waals surface area contributed by atoms with E-state index in [-0.39, 0.29) is 12.1 Å². The fraction of sp³-hybridized carbons (Fsp3) is 0.571. The molecule has 2 fully saturated rings. The maximum absolute atomic E-state index is 11.4. The van der Waals surface area contributed by atoms with E-state index < -0.39 is 10.2 Å². The zero-order valence-electron chi connectivity index (χ0n) is 12.0. The molecule has 7 heteroatoms. The molecule has 0 unspecified atom stereocenters. The van der Waals surface area contributed by atoms with E-state index >= 15 is 0 Å². The molecule has 1 saturated heterocycles. The van der Waals surface area contributed by atoms with Gasteiger partial charge in [0.15, 0.2) is 0 Å². The summed E-state index contributed by atoms with van der Waals surface area (Å²) in [7, 11) is -2.07. The molecule has 0 amide bonds. The van der Waals surface area contributed by atoms with Gasteiger partial charge in [-0.2, -0.15) is 13.1 Å². The van der Waals surface area contributed by atoms with Crippen LogP contribution >= 0.6 is 0 Å². The second-order valence-corrected chi connectivity index (χ2v) is 7.07. The van der Waals surface area contributed by atoms with Gasteiger partial charge in [0.1, 0.15) is 5.75 Å². The minimum atomic E-state index is -3.70. The normalized spacial score (nSPS) is 27.0. The van der Waals surface area contributed by atoms with Gasteiger partial charge in [-0.25, -0.2) is 5.14 Å². The van der Waals surface area contributed by atoms with Crippen molar-refractivity contribution in [3.05, 3.63) is 29.8 Å². The molecule has 2 atom stereocenters. The SMILES string of the molecule is COc1cccc([C@@H]2[C@H](NS(N)(=O)=O)CCN2C2CC2)c1. The number of nitrogens with zero attached hydrogens (tertiary/aromatic N) is 1. The van der Waals surface area contributed by atoms with Gasteiger partial charge in [-0.1, -0.05) is 12.1 Å². The lowest BCUT2D eigenvalue weighted by Gasteiger charge is -2.28. The first-order valence-electron chi connectivity index (χ1n) is 7.17. The van der Waals surface area contributed by atoms with E-state index in [4.69, 9.17) is 9.88 Å². The van der Waals surface area contributed by atoms with Crippen molar-refractivity contribution < 1.29 is 13.2 Å². The molecule has 1 heterocycles. The third-order valence-electron chi connectivity index (χ3n) is 4.20. The number of nitrogens with one attached hydrogen (secondary N) is 1. The first-order valence-corrected chi connectivity index (χ1v) is 8.72. The summed E-state index contributed by atoms with van der Waals surface area (Å²) in [6, 6.07) is 8.22. The molecule has 2 aliphatic rings. The summed E-state index contributed by atoms with van der Waals surface area (Å²) in [4.78, 5) is 2.39. The molecular formula is C14H21N3O3S. The van der Waals surface area contributed by atoms with Crippen molar-refractivity contribution in [3.63, 3.8) is 0 Å². The smallest absolute Gasteiger partial charge is 0.274 e. The summed E-state index contributed by atoms with van der Waals surface area (Å²) in [6.45, 7) is 0.889. The Morgan fingerprint density at radius 1 is 1.33 bits per heavy atom. The molecule has 3 rings (SSSR count). The van der Waals surface area contributed by atoms with E-state index in [1.807, 2.05) is 24.3 Å². The van der Waals surface area contributed by atoms with Crippen molar-refractivity contribution in [3.8, 4) is 5.75 Å². The van der Waals surface area contributed by atoms with E-state index in [1.54, 1.807) is 7.11 Å². The molecule has 0 spiro atoms. The first-order chi connectivity index (χ1) is 9.98. The lowest BCUT2D eigenvalue weighted by molar-refractivity contribution is 0.233. The second-order valence-electron chi connectivity index (χ2n) is 5.75. The molecule has 21 heavy (non-hydrogen) atoms. The zero-order chi connectivity index (χ0) is 15.0. The lowest BCUT2D eigenvalue weighted by atomic mass is 10.0. The highest BCUT2D eigenvalue weighted by Gasteiger charge is 2.43. The fourth-order valence-corrected chi connectivity index (χ4v) is 3.88. The average Bonchev–Trinajstić information content (AvgIpc) is 3.19. The van der Waals surface area contributed by atoms with Crippen molar-refractivity contribution in [2.75, 3.05) is 13.7 Å². The van der Waals surface area contributed by atoms with Gasteiger partial charge in [0.2, 0.25) is 0 Å². The number of ether oxygens (including phenoxy) is 1. The molecule has 0 aromatic heterocycles. The van der Waals surface area contributed by atoms with Crippen LogP contribution in [0.1, 0.15) is 30.9 Å². The van der Waals surface area contributed by atoms with Crippen LogP contribution in [0.2, 0.25) is 0 Å². The molecule has 0 bridgehead atoms. The highest BCUT2D eigenvalue weighted by molar-refractivity contribution is 7.87. The number of hydrogen-bond acceptors (Lipinski definition) is 4. The van der Waals surface area contributed by atoms with Gasteiger partial charge >= 0.3 is 0 Å². The summed E-state index contributed by atoms with van der Waals surface area (Å²) in [5.41, 5.74) is 1.07. The van der Waals surface area contributed by atoms with Crippen molar-refractivity contribution in [2.45, 2.75) is 37.4 Å². The zero-order valence-corrected chi connectivity index (χ0v) is 12.8. The van der Waals surface area contributed by atoms with E-state index in [0.29, 0.717) is 6.04 Å².